The van der Waals surface area contributed by atoms with Crippen molar-refractivity contribution in [1.82, 2.24) is 0 Å². The lowest BCUT2D eigenvalue weighted by molar-refractivity contribution is 1.28. The standard InChI is InChI=1S/C21H18N2/c1-3-5-11-18-13-7-9-15-20(18)22-17-23-21-16-10-8-14-19(21)12-6-4-2/h7-10,13-16H,11-12H2,1-2H3. The molecule has 0 saturated carbocycles. The molecular weight excluding hydrogens is 280 g/mol. The van der Waals surface area contributed by atoms with E-state index in [9.17, 15) is 0 Å². The highest BCUT2D eigenvalue weighted by atomic mass is 14.8. The smallest absolute Gasteiger partial charge is 0.100 e. The molecule has 2 heteroatoms. The molecule has 0 saturated heterocycles. The van der Waals surface area contributed by atoms with E-state index in [0.29, 0.717) is 12.8 Å². The van der Waals surface area contributed by atoms with Crippen LogP contribution in [-0.4, -0.2) is 6.01 Å². The van der Waals surface area contributed by atoms with Crippen LogP contribution in [0.15, 0.2) is 58.5 Å². The highest BCUT2D eigenvalue weighted by molar-refractivity contribution is 5.62. The molecule has 2 nitrogen and oxygen atoms in total. The zero-order valence-electron chi connectivity index (χ0n) is 13.4. The molecule has 0 N–H and O–H groups in total. The van der Waals surface area contributed by atoms with Crippen molar-refractivity contribution < 1.29 is 0 Å². The first-order valence-electron chi connectivity index (χ1n) is 7.46. The Morgan fingerprint density at radius 2 is 1.13 bits per heavy atom. The third-order valence-corrected chi connectivity index (χ3v) is 3.24. The molecule has 2 rings (SSSR count). The lowest BCUT2D eigenvalue weighted by Crippen LogP contribution is -1.82. The fourth-order valence-electron chi connectivity index (χ4n) is 2.04. The Kier molecular flexibility index (Phi) is 6.43. The van der Waals surface area contributed by atoms with Crippen molar-refractivity contribution in [2.75, 3.05) is 0 Å². The van der Waals surface area contributed by atoms with Crippen LogP contribution in [0.2, 0.25) is 0 Å². The summed E-state index contributed by atoms with van der Waals surface area (Å²) in [6.07, 6.45) is 1.36. The molecule has 0 fully saturated rings. The van der Waals surface area contributed by atoms with Crippen LogP contribution in [0.1, 0.15) is 25.0 Å². The van der Waals surface area contributed by atoms with E-state index in [1.165, 1.54) is 0 Å². The van der Waals surface area contributed by atoms with Gasteiger partial charge in [0.25, 0.3) is 0 Å². The highest BCUT2D eigenvalue weighted by Gasteiger charge is 1.99. The molecule has 0 aliphatic carbocycles. The van der Waals surface area contributed by atoms with Crippen LogP contribution >= 0.6 is 0 Å². The Hall–Kier alpha value is -3.06. The van der Waals surface area contributed by atoms with Gasteiger partial charge >= 0.3 is 0 Å². The van der Waals surface area contributed by atoms with Crippen molar-refractivity contribution in [3.63, 3.8) is 0 Å². The average Bonchev–Trinajstić information content (AvgIpc) is 2.60. The second-order valence-corrected chi connectivity index (χ2v) is 4.79. The van der Waals surface area contributed by atoms with Gasteiger partial charge in [0.1, 0.15) is 6.01 Å². The van der Waals surface area contributed by atoms with E-state index in [0.717, 1.165) is 22.5 Å². The molecule has 112 valence electrons. The van der Waals surface area contributed by atoms with Gasteiger partial charge in [-0.3, -0.25) is 0 Å². The van der Waals surface area contributed by atoms with Crippen LogP contribution in [0.4, 0.5) is 11.4 Å². The lowest BCUT2D eigenvalue weighted by Gasteiger charge is -2.00. The quantitative estimate of drug-likeness (QED) is 0.563. The Labute approximate surface area is 138 Å². The van der Waals surface area contributed by atoms with Gasteiger partial charge in [-0.25, -0.2) is 0 Å². The molecule has 0 aromatic heterocycles. The second-order valence-electron chi connectivity index (χ2n) is 4.79. The first-order valence-corrected chi connectivity index (χ1v) is 7.46. The molecule has 0 bridgehead atoms. The van der Waals surface area contributed by atoms with Crippen LogP contribution in [-0.2, 0) is 12.8 Å². The summed E-state index contributed by atoms with van der Waals surface area (Å²) in [5.41, 5.74) is 3.86. The zero-order chi connectivity index (χ0) is 16.3. The molecular formula is C21H18N2. The maximum Gasteiger partial charge on any atom is 0.100 e. The SMILES string of the molecule is CC#CCc1ccccc1N=C=Nc1ccccc1CC#CC. The van der Waals surface area contributed by atoms with Crippen molar-refractivity contribution >= 4 is 17.4 Å². The van der Waals surface area contributed by atoms with Gasteiger partial charge in [0.15, 0.2) is 0 Å². The molecule has 0 atom stereocenters. The number of para-hydroxylation sites is 2. The maximum atomic E-state index is 4.36. The van der Waals surface area contributed by atoms with E-state index < -0.39 is 0 Å². The second kappa shape index (κ2) is 9.06. The summed E-state index contributed by atoms with van der Waals surface area (Å²) in [4.78, 5) is 8.71. The van der Waals surface area contributed by atoms with Crippen LogP contribution in [0.5, 0.6) is 0 Å². The number of hydrogen-bond donors (Lipinski definition) is 0. The molecule has 0 amide bonds. The topological polar surface area (TPSA) is 24.7 Å². The van der Waals surface area contributed by atoms with E-state index in [1.807, 2.05) is 62.4 Å². The van der Waals surface area contributed by atoms with Gasteiger partial charge < -0.3 is 0 Å². The number of aliphatic imine (C=N–C) groups is 2. The predicted octanol–water partition coefficient (Wildman–Crippen LogP) is 4.96. The molecule has 0 aliphatic rings. The van der Waals surface area contributed by atoms with Crippen molar-refractivity contribution in [2.45, 2.75) is 26.7 Å². The Morgan fingerprint density at radius 3 is 1.57 bits per heavy atom. The summed E-state index contributed by atoms with van der Waals surface area (Å²) < 4.78 is 0. The number of hydrogen-bond acceptors (Lipinski definition) is 2. The largest absolute Gasteiger partial charge is 0.187 e. The van der Waals surface area contributed by atoms with Crippen molar-refractivity contribution in [3.05, 3.63) is 59.7 Å². The summed E-state index contributed by atoms with van der Waals surface area (Å²) in [5.74, 6) is 11.9. The third-order valence-electron chi connectivity index (χ3n) is 3.24. The monoisotopic (exact) mass is 298 g/mol. The van der Waals surface area contributed by atoms with Gasteiger partial charge in [0.05, 0.1) is 11.4 Å². The molecule has 0 unspecified atom stereocenters. The summed E-state index contributed by atoms with van der Waals surface area (Å²) in [6, 6.07) is 18.6. The van der Waals surface area contributed by atoms with Gasteiger partial charge in [0, 0.05) is 12.8 Å². The van der Waals surface area contributed by atoms with Crippen molar-refractivity contribution in [2.24, 2.45) is 9.98 Å². The molecule has 0 radical (unpaired) electrons. The summed E-state index contributed by atoms with van der Waals surface area (Å²) in [5, 5.41) is 0. The number of nitrogens with zero attached hydrogens (tertiary/aromatic N) is 2. The van der Waals surface area contributed by atoms with Crippen LogP contribution in [0, 0.1) is 23.7 Å². The fraction of sp³-hybridized carbons (Fsp3) is 0.190. The molecule has 0 heterocycles. The molecule has 2 aromatic rings. The minimum Gasteiger partial charge on any atom is -0.187 e. The molecule has 2 aromatic carbocycles. The fourth-order valence-corrected chi connectivity index (χ4v) is 2.04. The average molecular weight is 298 g/mol. The highest BCUT2D eigenvalue weighted by Crippen LogP contribution is 2.20. The molecule has 0 aliphatic heterocycles. The van der Waals surface area contributed by atoms with Crippen molar-refractivity contribution in [1.29, 1.82) is 0 Å². The van der Waals surface area contributed by atoms with E-state index >= 15 is 0 Å². The van der Waals surface area contributed by atoms with Gasteiger partial charge in [-0.05, 0) is 37.1 Å². The predicted molar refractivity (Wildman–Crippen MR) is 96.4 cm³/mol. The minimum absolute atomic E-state index is 0.681. The van der Waals surface area contributed by atoms with Crippen molar-refractivity contribution in [3.8, 4) is 23.7 Å². The first-order chi connectivity index (χ1) is 11.3. The maximum absolute atomic E-state index is 4.36. The Bertz CT molecular complexity index is 779. The van der Waals surface area contributed by atoms with E-state index in [1.54, 1.807) is 0 Å². The summed E-state index contributed by atoms with van der Waals surface area (Å²) in [7, 11) is 0. The summed E-state index contributed by atoms with van der Waals surface area (Å²) >= 11 is 0. The first kappa shape index (κ1) is 16.3. The third kappa shape index (κ3) is 5.01. The molecule has 0 spiro atoms. The van der Waals surface area contributed by atoms with E-state index in [-0.39, 0.29) is 0 Å². The van der Waals surface area contributed by atoms with Gasteiger partial charge in [-0.1, -0.05) is 48.2 Å². The number of rotatable bonds is 4. The number of benzene rings is 2. The van der Waals surface area contributed by atoms with E-state index in [4.69, 9.17) is 0 Å². The summed E-state index contributed by atoms with van der Waals surface area (Å²) in [6.45, 7) is 3.67. The van der Waals surface area contributed by atoms with Crippen LogP contribution in [0.3, 0.4) is 0 Å². The zero-order valence-corrected chi connectivity index (χ0v) is 13.4. The minimum atomic E-state index is 0.681. The van der Waals surface area contributed by atoms with Gasteiger partial charge in [0.2, 0.25) is 0 Å². The van der Waals surface area contributed by atoms with Crippen LogP contribution < -0.4 is 0 Å². The van der Waals surface area contributed by atoms with E-state index in [2.05, 4.69) is 39.7 Å². The molecule has 23 heavy (non-hydrogen) atoms. The lowest BCUT2D eigenvalue weighted by atomic mass is 10.1. The van der Waals surface area contributed by atoms with Gasteiger partial charge in [-0.15, -0.1) is 11.8 Å². The Morgan fingerprint density at radius 1 is 0.696 bits per heavy atom. The van der Waals surface area contributed by atoms with Gasteiger partial charge in [-0.2, -0.15) is 9.98 Å². The van der Waals surface area contributed by atoms with Crippen LogP contribution in [0.25, 0.3) is 0 Å². The normalized spacial score (nSPS) is 8.78. The Balaban J connectivity index is 2.27.